The number of amides is 1. The molecule has 0 bridgehead atoms. The van der Waals surface area contributed by atoms with Gasteiger partial charge in [0, 0.05) is 22.7 Å². The molecule has 168 valence electrons. The molecule has 1 aliphatic rings. The van der Waals surface area contributed by atoms with Crippen molar-refractivity contribution in [3.63, 3.8) is 0 Å². The number of Topliss-reactive ketones (excluding diaryl/α,β-unsaturated/α-hetero) is 1. The van der Waals surface area contributed by atoms with E-state index in [1.54, 1.807) is 24.3 Å². The lowest BCUT2D eigenvalue weighted by atomic mass is 9.95. The maximum absolute atomic E-state index is 13.3. The van der Waals surface area contributed by atoms with Crippen LogP contribution in [0.3, 0.4) is 0 Å². The van der Waals surface area contributed by atoms with E-state index in [1.165, 1.54) is 34.1 Å². The molecule has 8 nitrogen and oxygen atoms in total. The van der Waals surface area contributed by atoms with Gasteiger partial charge in [-0.25, -0.2) is 0 Å². The normalized spacial score (nSPS) is 17.9. The number of ketones is 1. The molecular formula is C23H24ClN3O5. The predicted octanol–water partition coefficient (Wildman–Crippen LogP) is 1.40. The van der Waals surface area contributed by atoms with Gasteiger partial charge in [-0.3, -0.25) is 19.7 Å². The molecule has 3 rings (SSSR count). The highest BCUT2D eigenvalue weighted by atomic mass is 35.5. The Hall–Kier alpha value is -3.23. The number of carbonyl (C=O) groups excluding carboxylic acids is 2. The van der Waals surface area contributed by atoms with Gasteiger partial charge in [0.2, 0.25) is 5.78 Å². The average Bonchev–Trinajstić information content (AvgIpc) is 3.04. The van der Waals surface area contributed by atoms with E-state index in [0.29, 0.717) is 23.7 Å². The molecule has 0 saturated carbocycles. The van der Waals surface area contributed by atoms with Gasteiger partial charge in [0.1, 0.15) is 0 Å². The Morgan fingerprint density at radius 3 is 2.19 bits per heavy atom. The van der Waals surface area contributed by atoms with Crippen LogP contribution in [0, 0.1) is 10.1 Å². The topological polar surface area (TPSA) is 108 Å². The molecule has 0 radical (unpaired) electrons. The van der Waals surface area contributed by atoms with Crippen LogP contribution in [0.1, 0.15) is 31.0 Å². The first-order valence-corrected chi connectivity index (χ1v) is 10.8. The SMILES string of the molecule is CC[NH+](CC)CCN1C(=O)C(=O)C(=C([O-])c2ccc([N+](=O)[O-])cc2)C1c1ccc(Cl)cc1. The van der Waals surface area contributed by atoms with Crippen molar-refractivity contribution in [2.75, 3.05) is 26.2 Å². The van der Waals surface area contributed by atoms with Gasteiger partial charge in [-0.15, -0.1) is 0 Å². The Labute approximate surface area is 190 Å². The number of hydrogen-bond donors (Lipinski definition) is 1. The quantitative estimate of drug-likeness (QED) is 0.212. The monoisotopic (exact) mass is 457 g/mol. The number of nitrogens with one attached hydrogen (secondary N) is 1. The van der Waals surface area contributed by atoms with Gasteiger partial charge in [-0.1, -0.05) is 29.5 Å². The number of benzene rings is 2. The van der Waals surface area contributed by atoms with Crippen molar-refractivity contribution in [2.24, 2.45) is 0 Å². The first kappa shape index (κ1) is 23.4. The van der Waals surface area contributed by atoms with Crippen molar-refractivity contribution < 1.29 is 24.5 Å². The molecule has 0 spiro atoms. The molecule has 1 amide bonds. The Balaban J connectivity index is 2.08. The van der Waals surface area contributed by atoms with Gasteiger partial charge in [-0.05, 0) is 49.2 Å². The molecule has 1 saturated heterocycles. The number of halogens is 1. The van der Waals surface area contributed by atoms with Crippen LogP contribution in [-0.2, 0) is 9.59 Å². The zero-order valence-electron chi connectivity index (χ0n) is 17.8. The summed E-state index contributed by atoms with van der Waals surface area (Å²) in [6.45, 7) is 6.78. The third-order valence-corrected chi connectivity index (χ3v) is 6.01. The van der Waals surface area contributed by atoms with Crippen molar-refractivity contribution in [1.82, 2.24) is 4.90 Å². The summed E-state index contributed by atoms with van der Waals surface area (Å²) in [4.78, 5) is 38.9. The third-order valence-electron chi connectivity index (χ3n) is 5.76. The van der Waals surface area contributed by atoms with Crippen molar-refractivity contribution in [1.29, 1.82) is 0 Å². The molecule has 32 heavy (non-hydrogen) atoms. The summed E-state index contributed by atoms with van der Waals surface area (Å²) in [5.74, 6) is -2.18. The fourth-order valence-corrected chi connectivity index (χ4v) is 3.99. The average molecular weight is 458 g/mol. The van der Waals surface area contributed by atoms with Crippen LogP contribution >= 0.6 is 11.6 Å². The van der Waals surface area contributed by atoms with E-state index in [1.807, 2.05) is 13.8 Å². The van der Waals surface area contributed by atoms with E-state index < -0.39 is 28.4 Å². The number of rotatable bonds is 8. The summed E-state index contributed by atoms with van der Waals surface area (Å²) in [6.07, 6.45) is 0. The van der Waals surface area contributed by atoms with Crippen molar-refractivity contribution in [3.05, 3.63) is 80.4 Å². The standard InChI is InChI=1S/C23H24ClN3O5/c1-3-25(4-2)13-14-26-20(15-5-9-17(24)10-6-15)19(22(29)23(26)30)21(28)16-7-11-18(12-8-16)27(31)32/h5-12,20,28H,3-4,13-14H2,1-2H3. The van der Waals surface area contributed by atoms with Crippen LogP contribution in [0.4, 0.5) is 5.69 Å². The van der Waals surface area contributed by atoms with Gasteiger partial charge < -0.3 is 14.9 Å². The van der Waals surface area contributed by atoms with Gasteiger partial charge in [0.15, 0.2) is 0 Å². The number of non-ortho nitro benzene ring substituents is 1. The van der Waals surface area contributed by atoms with E-state index >= 15 is 0 Å². The van der Waals surface area contributed by atoms with Crippen molar-refractivity contribution in [2.45, 2.75) is 19.9 Å². The molecular weight excluding hydrogens is 434 g/mol. The molecule has 1 fully saturated rings. The van der Waals surface area contributed by atoms with E-state index in [2.05, 4.69) is 0 Å². The molecule has 9 heteroatoms. The highest BCUT2D eigenvalue weighted by Gasteiger charge is 2.44. The van der Waals surface area contributed by atoms with Crippen LogP contribution in [0.5, 0.6) is 0 Å². The smallest absolute Gasteiger partial charge is 0.295 e. The molecule has 1 unspecified atom stereocenters. The fourth-order valence-electron chi connectivity index (χ4n) is 3.86. The number of nitro benzene ring substituents is 1. The minimum Gasteiger partial charge on any atom is -0.872 e. The van der Waals surface area contributed by atoms with E-state index in [0.717, 1.165) is 13.1 Å². The van der Waals surface area contributed by atoms with Crippen molar-refractivity contribution >= 4 is 34.7 Å². The Morgan fingerprint density at radius 2 is 1.66 bits per heavy atom. The molecule has 2 aromatic carbocycles. The number of quaternary nitrogens is 1. The second-order valence-electron chi connectivity index (χ2n) is 7.54. The lowest BCUT2D eigenvalue weighted by Gasteiger charge is -2.28. The van der Waals surface area contributed by atoms with Gasteiger partial charge in [-0.2, -0.15) is 0 Å². The first-order chi connectivity index (χ1) is 15.3. The van der Waals surface area contributed by atoms with Crippen molar-refractivity contribution in [3.8, 4) is 0 Å². The van der Waals surface area contributed by atoms with E-state index in [4.69, 9.17) is 11.6 Å². The summed E-state index contributed by atoms with van der Waals surface area (Å²) >= 11 is 6.01. The number of carbonyl (C=O) groups is 2. The highest BCUT2D eigenvalue weighted by Crippen LogP contribution is 2.38. The minimum absolute atomic E-state index is 0.113. The van der Waals surface area contributed by atoms with Gasteiger partial charge in [0.05, 0.1) is 37.1 Å². The van der Waals surface area contributed by atoms with Crippen LogP contribution in [-0.4, -0.2) is 47.7 Å². The molecule has 1 heterocycles. The van der Waals surface area contributed by atoms with E-state index in [-0.39, 0.29) is 16.8 Å². The number of nitrogens with zero attached hydrogens (tertiary/aromatic N) is 2. The predicted molar refractivity (Wildman–Crippen MR) is 118 cm³/mol. The Morgan fingerprint density at radius 1 is 1.06 bits per heavy atom. The lowest BCUT2D eigenvalue weighted by Crippen LogP contribution is -3.12. The number of likely N-dealkylation sites (tertiary alicyclic amines) is 1. The van der Waals surface area contributed by atoms with Crippen LogP contribution < -0.4 is 10.0 Å². The molecule has 1 atom stereocenters. The summed E-state index contributed by atoms with van der Waals surface area (Å²) in [5, 5.41) is 24.7. The number of nitro groups is 1. The largest absolute Gasteiger partial charge is 0.872 e. The third kappa shape index (κ3) is 4.66. The Bertz CT molecular complexity index is 1050. The second kappa shape index (κ2) is 9.93. The summed E-state index contributed by atoms with van der Waals surface area (Å²) in [6, 6.07) is 10.8. The second-order valence-corrected chi connectivity index (χ2v) is 7.97. The maximum Gasteiger partial charge on any atom is 0.295 e. The molecule has 2 aromatic rings. The van der Waals surface area contributed by atoms with Crippen LogP contribution in [0.15, 0.2) is 54.1 Å². The molecule has 0 aliphatic carbocycles. The zero-order chi connectivity index (χ0) is 23.4. The van der Waals surface area contributed by atoms with E-state index in [9.17, 15) is 24.8 Å². The zero-order valence-corrected chi connectivity index (χ0v) is 18.6. The first-order valence-electron chi connectivity index (χ1n) is 10.4. The lowest BCUT2D eigenvalue weighted by molar-refractivity contribution is -0.895. The summed E-state index contributed by atoms with van der Waals surface area (Å²) in [7, 11) is 0. The molecule has 1 N–H and O–H groups in total. The van der Waals surface area contributed by atoms with Crippen LogP contribution in [0.25, 0.3) is 5.76 Å². The minimum atomic E-state index is -0.845. The molecule has 0 aromatic heterocycles. The highest BCUT2D eigenvalue weighted by molar-refractivity contribution is 6.46. The van der Waals surface area contributed by atoms with Gasteiger partial charge in [0.25, 0.3) is 11.6 Å². The summed E-state index contributed by atoms with van der Waals surface area (Å²) < 4.78 is 0. The van der Waals surface area contributed by atoms with Crippen LogP contribution in [0.2, 0.25) is 5.02 Å². The number of likely N-dealkylation sites (N-methyl/N-ethyl adjacent to an activating group) is 1. The summed E-state index contributed by atoms with van der Waals surface area (Å²) in [5.41, 5.74) is 0.398. The maximum atomic E-state index is 13.3. The fraction of sp³-hybridized carbons (Fsp3) is 0.304. The molecule has 1 aliphatic heterocycles. The Kier molecular flexibility index (Phi) is 7.27. The number of hydrogen-bond acceptors (Lipinski definition) is 5. The van der Waals surface area contributed by atoms with Gasteiger partial charge >= 0.3 is 0 Å².